The molecule has 9 nitrogen and oxygen atoms in total. The van der Waals surface area contributed by atoms with Crippen LogP contribution in [0.3, 0.4) is 0 Å². The van der Waals surface area contributed by atoms with E-state index in [4.69, 9.17) is 4.52 Å². The highest BCUT2D eigenvalue weighted by atomic mass is 16.5. The number of hydrogen-bond donors (Lipinski definition) is 0. The van der Waals surface area contributed by atoms with Crippen LogP contribution in [0.2, 0.25) is 0 Å². The lowest BCUT2D eigenvalue weighted by atomic mass is 10.2. The monoisotopic (exact) mass is 318 g/mol. The van der Waals surface area contributed by atoms with Gasteiger partial charge >= 0.3 is 0 Å². The third-order valence-corrected chi connectivity index (χ3v) is 4.65. The van der Waals surface area contributed by atoms with E-state index in [1.807, 2.05) is 11.6 Å². The molecule has 2 fully saturated rings. The molecule has 2 aliphatic rings. The van der Waals surface area contributed by atoms with Crippen LogP contribution in [-0.4, -0.2) is 66.3 Å². The van der Waals surface area contributed by atoms with Gasteiger partial charge in [0.15, 0.2) is 11.6 Å². The minimum atomic E-state index is 0.499. The summed E-state index contributed by atoms with van der Waals surface area (Å²) in [5, 5.41) is 16.1. The molecule has 0 spiro atoms. The Bertz CT molecular complexity index is 663. The Labute approximate surface area is 134 Å². The topological polar surface area (TPSA) is 89.0 Å². The molecule has 0 amide bonds. The summed E-state index contributed by atoms with van der Waals surface area (Å²) in [6, 6.07) is 1.03. The molecule has 3 heterocycles. The van der Waals surface area contributed by atoms with E-state index < -0.39 is 0 Å². The molecule has 124 valence electrons. The van der Waals surface area contributed by atoms with Gasteiger partial charge in [0.25, 0.3) is 0 Å². The van der Waals surface area contributed by atoms with Gasteiger partial charge in [-0.1, -0.05) is 5.16 Å². The normalized spacial score (nSPS) is 22.3. The molecule has 2 aromatic heterocycles. The van der Waals surface area contributed by atoms with Gasteiger partial charge in [-0.15, -0.1) is 5.10 Å². The van der Waals surface area contributed by atoms with Crippen molar-refractivity contribution in [2.75, 3.05) is 20.1 Å². The molecule has 1 saturated heterocycles. The highest BCUT2D eigenvalue weighted by Gasteiger charge is 2.31. The second-order valence-corrected chi connectivity index (χ2v) is 6.59. The summed E-state index contributed by atoms with van der Waals surface area (Å²) >= 11 is 0. The summed E-state index contributed by atoms with van der Waals surface area (Å²) in [5.41, 5.74) is 0. The summed E-state index contributed by atoms with van der Waals surface area (Å²) in [6.07, 6.45) is 3.54. The molecule has 23 heavy (non-hydrogen) atoms. The van der Waals surface area contributed by atoms with Crippen LogP contribution in [0, 0.1) is 6.92 Å². The number of tetrazole rings is 1. The first-order valence-electron chi connectivity index (χ1n) is 8.17. The third kappa shape index (κ3) is 3.25. The summed E-state index contributed by atoms with van der Waals surface area (Å²) in [5.74, 6) is 2.36. The lowest BCUT2D eigenvalue weighted by Crippen LogP contribution is -2.34. The van der Waals surface area contributed by atoms with E-state index in [0.717, 1.165) is 44.2 Å². The predicted octanol–water partition coefficient (Wildman–Crippen LogP) is 0.406. The van der Waals surface area contributed by atoms with E-state index in [2.05, 4.69) is 42.5 Å². The number of rotatable bonds is 6. The lowest BCUT2D eigenvalue weighted by molar-refractivity contribution is 0.213. The molecule has 9 heteroatoms. The highest BCUT2D eigenvalue weighted by Crippen LogP contribution is 2.34. The smallest absolute Gasteiger partial charge is 0.223 e. The van der Waals surface area contributed by atoms with E-state index in [9.17, 15) is 0 Å². The van der Waals surface area contributed by atoms with Crippen molar-refractivity contribution in [1.29, 1.82) is 0 Å². The fraction of sp³-hybridized carbons (Fsp3) is 0.786. The number of likely N-dealkylation sites (tertiary alicyclic amines) is 1. The zero-order valence-electron chi connectivity index (χ0n) is 13.6. The molecule has 4 rings (SSSR count). The van der Waals surface area contributed by atoms with Crippen LogP contribution in [0.1, 0.15) is 42.8 Å². The van der Waals surface area contributed by atoms with Crippen LogP contribution >= 0.6 is 0 Å². The molecule has 1 atom stereocenters. The number of likely N-dealkylation sites (N-methyl/N-ethyl adjacent to an activating group) is 1. The molecule has 1 saturated carbocycles. The van der Waals surface area contributed by atoms with Gasteiger partial charge in [-0.05, 0) is 36.7 Å². The third-order valence-electron chi connectivity index (χ3n) is 4.65. The van der Waals surface area contributed by atoms with E-state index in [-0.39, 0.29) is 0 Å². The Morgan fingerprint density at radius 1 is 1.30 bits per heavy atom. The Balaban J connectivity index is 1.32. The van der Waals surface area contributed by atoms with Gasteiger partial charge in [0.2, 0.25) is 5.89 Å². The molecule has 2 aromatic rings. The molecule has 0 N–H and O–H groups in total. The Kier molecular flexibility index (Phi) is 3.82. The highest BCUT2D eigenvalue weighted by molar-refractivity contribution is 4.93. The number of aromatic nitrogens is 6. The molecule has 0 radical (unpaired) electrons. The van der Waals surface area contributed by atoms with E-state index in [1.54, 1.807) is 0 Å². The maximum Gasteiger partial charge on any atom is 0.223 e. The van der Waals surface area contributed by atoms with Crippen LogP contribution in [-0.2, 0) is 13.1 Å². The Morgan fingerprint density at radius 2 is 2.17 bits per heavy atom. The van der Waals surface area contributed by atoms with Gasteiger partial charge in [0.1, 0.15) is 0 Å². The van der Waals surface area contributed by atoms with E-state index in [1.165, 1.54) is 12.8 Å². The summed E-state index contributed by atoms with van der Waals surface area (Å²) in [6.45, 7) is 5.45. The molecule has 1 aliphatic carbocycles. The van der Waals surface area contributed by atoms with Crippen molar-refractivity contribution in [2.45, 2.75) is 51.4 Å². The average Bonchev–Trinajstić information content (AvgIpc) is 2.93. The van der Waals surface area contributed by atoms with Crippen LogP contribution < -0.4 is 0 Å². The van der Waals surface area contributed by atoms with Crippen LogP contribution in [0.5, 0.6) is 0 Å². The van der Waals surface area contributed by atoms with Gasteiger partial charge in [-0.2, -0.15) is 4.98 Å². The van der Waals surface area contributed by atoms with Gasteiger partial charge in [0, 0.05) is 26.1 Å². The fourth-order valence-electron chi connectivity index (χ4n) is 3.19. The van der Waals surface area contributed by atoms with Crippen molar-refractivity contribution in [3.63, 3.8) is 0 Å². The summed E-state index contributed by atoms with van der Waals surface area (Å²) in [7, 11) is 2.12. The van der Waals surface area contributed by atoms with Gasteiger partial charge in [-0.3, -0.25) is 9.80 Å². The van der Waals surface area contributed by atoms with Gasteiger partial charge < -0.3 is 4.52 Å². The Hall–Kier alpha value is -1.87. The van der Waals surface area contributed by atoms with Gasteiger partial charge in [0.05, 0.1) is 19.1 Å². The first-order valence-corrected chi connectivity index (χ1v) is 8.17. The number of aryl methyl sites for hydroxylation is 1. The quantitative estimate of drug-likeness (QED) is 0.756. The first-order chi connectivity index (χ1) is 11.2. The standard InChI is InChI=1S/C14H22N8O/c1-10-15-13(17-23-10)8-20(2)12-5-6-21(7-12)9-14-16-18-19-22(14)11-3-4-11/h11-12H,3-9H2,1-2H3/t12-/m1/s1. The fourth-order valence-corrected chi connectivity index (χ4v) is 3.19. The number of nitrogens with zero attached hydrogens (tertiary/aromatic N) is 8. The first kappa shape index (κ1) is 14.7. The molecular weight excluding hydrogens is 296 g/mol. The minimum Gasteiger partial charge on any atom is -0.340 e. The van der Waals surface area contributed by atoms with E-state index in [0.29, 0.717) is 18.0 Å². The van der Waals surface area contributed by atoms with Gasteiger partial charge in [-0.25, -0.2) is 4.68 Å². The minimum absolute atomic E-state index is 0.499. The average molecular weight is 318 g/mol. The van der Waals surface area contributed by atoms with E-state index >= 15 is 0 Å². The molecule has 0 unspecified atom stereocenters. The predicted molar refractivity (Wildman–Crippen MR) is 80.3 cm³/mol. The van der Waals surface area contributed by atoms with Crippen molar-refractivity contribution in [2.24, 2.45) is 0 Å². The maximum absolute atomic E-state index is 5.04. The molecular formula is C14H22N8O. The number of hydrogen-bond acceptors (Lipinski definition) is 8. The zero-order chi connectivity index (χ0) is 15.8. The van der Waals surface area contributed by atoms with Crippen LogP contribution in [0.25, 0.3) is 0 Å². The Morgan fingerprint density at radius 3 is 2.91 bits per heavy atom. The summed E-state index contributed by atoms with van der Waals surface area (Å²) < 4.78 is 7.04. The maximum atomic E-state index is 5.04. The largest absolute Gasteiger partial charge is 0.340 e. The van der Waals surface area contributed by atoms with Crippen molar-refractivity contribution >= 4 is 0 Å². The van der Waals surface area contributed by atoms with Crippen molar-refractivity contribution in [3.05, 3.63) is 17.5 Å². The molecule has 0 bridgehead atoms. The SMILES string of the molecule is Cc1nc(CN(C)[C@@H]2CCN(Cc3nnnn3C3CC3)C2)no1. The van der Waals surface area contributed by atoms with Crippen molar-refractivity contribution in [1.82, 2.24) is 40.1 Å². The zero-order valence-corrected chi connectivity index (χ0v) is 13.6. The second kappa shape index (κ2) is 5.97. The summed E-state index contributed by atoms with van der Waals surface area (Å²) in [4.78, 5) is 9.00. The van der Waals surface area contributed by atoms with Crippen molar-refractivity contribution in [3.8, 4) is 0 Å². The second-order valence-electron chi connectivity index (χ2n) is 6.59. The molecule has 1 aliphatic heterocycles. The molecule has 0 aromatic carbocycles. The van der Waals surface area contributed by atoms with Crippen molar-refractivity contribution < 1.29 is 4.52 Å². The van der Waals surface area contributed by atoms with Crippen LogP contribution in [0.15, 0.2) is 4.52 Å². The van der Waals surface area contributed by atoms with Crippen LogP contribution in [0.4, 0.5) is 0 Å². The lowest BCUT2D eigenvalue weighted by Gasteiger charge is -2.23.